The Morgan fingerprint density at radius 2 is 2.29 bits per heavy atom. The maximum atomic E-state index is 5.44. The third kappa shape index (κ3) is 1.37. The third-order valence-electron chi connectivity index (χ3n) is 2.06. The summed E-state index contributed by atoms with van der Waals surface area (Å²) in [6, 6.07) is 7.98. The summed E-state index contributed by atoms with van der Waals surface area (Å²) in [4.78, 5) is 0. The minimum Gasteiger partial charge on any atom is -0.472 e. The largest absolute Gasteiger partial charge is 0.472 e. The standard InChI is InChI=1S/C11H12N2O/c1-3-8-14-11-9-6-4-5-7-10(9)13(2)12-11/h3-7H,1,8H2,2H3. The highest BCUT2D eigenvalue weighted by atomic mass is 16.5. The van der Waals surface area contributed by atoms with Gasteiger partial charge in [-0.15, -0.1) is 5.10 Å². The SMILES string of the molecule is C=CCOc1nn(C)c2ccccc12. The topological polar surface area (TPSA) is 27.1 Å². The maximum Gasteiger partial charge on any atom is 0.241 e. The van der Waals surface area contributed by atoms with E-state index in [2.05, 4.69) is 11.7 Å². The first-order chi connectivity index (χ1) is 6.83. The van der Waals surface area contributed by atoms with E-state index in [1.807, 2.05) is 36.0 Å². The van der Waals surface area contributed by atoms with E-state index >= 15 is 0 Å². The molecule has 0 aliphatic heterocycles. The lowest BCUT2D eigenvalue weighted by Crippen LogP contribution is -1.95. The molecule has 0 aliphatic rings. The number of aromatic nitrogens is 2. The summed E-state index contributed by atoms with van der Waals surface area (Å²) in [5.74, 6) is 0.669. The van der Waals surface area contributed by atoms with Crippen LogP contribution in [0.4, 0.5) is 0 Å². The number of para-hydroxylation sites is 1. The van der Waals surface area contributed by atoms with Crippen molar-refractivity contribution in [3.63, 3.8) is 0 Å². The molecule has 0 bridgehead atoms. The number of hydrogen-bond donors (Lipinski definition) is 0. The van der Waals surface area contributed by atoms with E-state index in [9.17, 15) is 0 Å². The van der Waals surface area contributed by atoms with Gasteiger partial charge in [0, 0.05) is 7.05 Å². The molecule has 0 aliphatic carbocycles. The first-order valence-electron chi connectivity index (χ1n) is 4.48. The van der Waals surface area contributed by atoms with Gasteiger partial charge in [0.25, 0.3) is 0 Å². The molecule has 0 fully saturated rings. The van der Waals surface area contributed by atoms with Gasteiger partial charge >= 0.3 is 0 Å². The molecule has 14 heavy (non-hydrogen) atoms. The molecule has 1 aromatic heterocycles. The second-order valence-corrected chi connectivity index (χ2v) is 3.05. The van der Waals surface area contributed by atoms with Crippen LogP contribution in [0.15, 0.2) is 36.9 Å². The molecule has 0 unspecified atom stereocenters. The summed E-state index contributed by atoms with van der Waals surface area (Å²) in [6.45, 7) is 4.09. The van der Waals surface area contributed by atoms with E-state index in [1.54, 1.807) is 6.08 Å². The first-order valence-corrected chi connectivity index (χ1v) is 4.48. The summed E-state index contributed by atoms with van der Waals surface area (Å²) < 4.78 is 7.25. The Kier molecular flexibility index (Phi) is 2.23. The van der Waals surface area contributed by atoms with Crippen LogP contribution in [-0.2, 0) is 7.05 Å². The van der Waals surface area contributed by atoms with Crippen molar-refractivity contribution >= 4 is 10.9 Å². The van der Waals surface area contributed by atoms with E-state index < -0.39 is 0 Å². The number of nitrogens with zero attached hydrogens (tertiary/aromatic N) is 2. The van der Waals surface area contributed by atoms with Crippen LogP contribution < -0.4 is 4.74 Å². The fourth-order valence-electron chi connectivity index (χ4n) is 1.43. The van der Waals surface area contributed by atoms with Crippen molar-refractivity contribution in [2.75, 3.05) is 6.61 Å². The van der Waals surface area contributed by atoms with Gasteiger partial charge in [-0.2, -0.15) is 0 Å². The normalized spacial score (nSPS) is 10.4. The first kappa shape index (κ1) is 8.81. The van der Waals surface area contributed by atoms with Crippen LogP contribution >= 0.6 is 0 Å². The summed E-state index contributed by atoms with van der Waals surface area (Å²) >= 11 is 0. The van der Waals surface area contributed by atoms with Gasteiger partial charge in [0.1, 0.15) is 6.61 Å². The van der Waals surface area contributed by atoms with E-state index in [0.717, 1.165) is 10.9 Å². The molecule has 2 aromatic rings. The highest BCUT2D eigenvalue weighted by molar-refractivity contribution is 5.84. The van der Waals surface area contributed by atoms with Crippen LogP contribution in [0, 0.1) is 0 Å². The van der Waals surface area contributed by atoms with Crippen LogP contribution in [0.5, 0.6) is 5.88 Å². The quantitative estimate of drug-likeness (QED) is 0.690. The van der Waals surface area contributed by atoms with Crippen LogP contribution in [0.3, 0.4) is 0 Å². The van der Waals surface area contributed by atoms with Gasteiger partial charge in [-0.05, 0) is 12.1 Å². The second kappa shape index (κ2) is 3.54. The molecule has 2 rings (SSSR count). The number of ether oxygens (including phenoxy) is 1. The monoisotopic (exact) mass is 188 g/mol. The molecular weight excluding hydrogens is 176 g/mol. The van der Waals surface area contributed by atoms with Crippen LogP contribution in [0.25, 0.3) is 10.9 Å². The van der Waals surface area contributed by atoms with Crippen molar-refractivity contribution in [2.24, 2.45) is 7.05 Å². The van der Waals surface area contributed by atoms with Crippen LogP contribution in [0.1, 0.15) is 0 Å². The van der Waals surface area contributed by atoms with Gasteiger partial charge in [0.05, 0.1) is 10.9 Å². The lowest BCUT2D eigenvalue weighted by molar-refractivity contribution is 0.348. The third-order valence-corrected chi connectivity index (χ3v) is 2.06. The summed E-state index contributed by atoms with van der Waals surface area (Å²) in [7, 11) is 1.91. The average Bonchev–Trinajstić information content (AvgIpc) is 2.54. The summed E-state index contributed by atoms with van der Waals surface area (Å²) in [5, 5.41) is 5.31. The van der Waals surface area contributed by atoms with Crippen molar-refractivity contribution in [3.8, 4) is 5.88 Å². The zero-order valence-electron chi connectivity index (χ0n) is 8.10. The molecule has 0 radical (unpaired) electrons. The molecule has 0 N–H and O–H groups in total. The summed E-state index contributed by atoms with van der Waals surface area (Å²) in [6.07, 6.45) is 1.71. The molecular formula is C11H12N2O. The Hall–Kier alpha value is -1.77. The van der Waals surface area contributed by atoms with Crippen molar-refractivity contribution in [1.29, 1.82) is 0 Å². The van der Waals surface area contributed by atoms with Crippen LogP contribution in [0.2, 0.25) is 0 Å². The van der Waals surface area contributed by atoms with E-state index in [-0.39, 0.29) is 0 Å². The fraction of sp³-hybridized carbons (Fsp3) is 0.182. The predicted molar refractivity (Wildman–Crippen MR) is 56.4 cm³/mol. The molecule has 3 nitrogen and oxygen atoms in total. The lowest BCUT2D eigenvalue weighted by atomic mass is 10.2. The van der Waals surface area contributed by atoms with Crippen LogP contribution in [-0.4, -0.2) is 16.4 Å². The van der Waals surface area contributed by atoms with Gasteiger partial charge in [-0.25, -0.2) is 0 Å². The van der Waals surface area contributed by atoms with Gasteiger partial charge in [0.2, 0.25) is 5.88 Å². The molecule has 72 valence electrons. The van der Waals surface area contributed by atoms with Gasteiger partial charge in [-0.3, -0.25) is 4.68 Å². The van der Waals surface area contributed by atoms with Gasteiger partial charge in [0.15, 0.2) is 0 Å². The fourth-order valence-corrected chi connectivity index (χ4v) is 1.43. The molecule has 1 aromatic carbocycles. The summed E-state index contributed by atoms with van der Waals surface area (Å²) in [5.41, 5.74) is 1.08. The molecule has 0 atom stereocenters. The molecule has 0 amide bonds. The molecule has 1 heterocycles. The highest BCUT2D eigenvalue weighted by Gasteiger charge is 2.07. The van der Waals surface area contributed by atoms with Gasteiger partial charge in [-0.1, -0.05) is 24.8 Å². The minimum atomic E-state index is 0.487. The van der Waals surface area contributed by atoms with E-state index in [1.165, 1.54) is 0 Å². The molecule has 0 spiro atoms. The van der Waals surface area contributed by atoms with Crippen molar-refractivity contribution in [1.82, 2.24) is 9.78 Å². The van der Waals surface area contributed by atoms with Crippen molar-refractivity contribution < 1.29 is 4.74 Å². The second-order valence-electron chi connectivity index (χ2n) is 3.05. The molecule has 0 saturated carbocycles. The van der Waals surface area contributed by atoms with Crippen molar-refractivity contribution in [3.05, 3.63) is 36.9 Å². The Balaban J connectivity index is 2.49. The van der Waals surface area contributed by atoms with Crippen molar-refractivity contribution in [2.45, 2.75) is 0 Å². The molecule has 0 saturated heterocycles. The lowest BCUT2D eigenvalue weighted by Gasteiger charge is -1.97. The predicted octanol–water partition coefficient (Wildman–Crippen LogP) is 2.14. The maximum absolute atomic E-state index is 5.44. The Bertz CT molecular complexity index is 459. The minimum absolute atomic E-state index is 0.487. The number of aryl methyl sites for hydroxylation is 1. The Labute approximate surface area is 82.6 Å². The number of fused-ring (bicyclic) bond motifs is 1. The molecule has 3 heteroatoms. The highest BCUT2D eigenvalue weighted by Crippen LogP contribution is 2.23. The Morgan fingerprint density at radius 3 is 3.07 bits per heavy atom. The zero-order valence-corrected chi connectivity index (χ0v) is 8.10. The van der Waals surface area contributed by atoms with E-state index in [4.69, 9.17) is 4.74 Å². The number of benzene rings is 1. The van der Waals surface area contributed by atoms with E-state index in [0.29, 0.717) is 12.5 Å². The van der Waals surface area contributed by atoms with Gasteiger partial charge < -0.3 is 4.74 Å². The average molecular weight is 188 g/mol. The smallest absolute Gasteiger partial charge is 0.241 e. The number of hydrogen-bond acceptors (Lipinski definition) is 2. The Morgan fingerprint density at radius 1 is 1.50 bits per heavy atom. The number of rotatable bonds is 3. The zero-order chi connectivity index (χ0) is 9.97.